The Bertz CT molecular complexity index is 350. The van der Waals surface area contributed by atoms with Gasteiger partial charge in [0, 0.05) is 43.5 Å². The van der Waals surface area contributed by atoms with Crippen LogP contribution in [-0.2, 0) is 0 Å². The molecule has 1 aliphatic heterocycles. The second kappa shape index (κ2) is 6.29. The fourth-order valence-corrected chi connectivity index (χ4v) is 3.63. The third-order valence-corrected chi connectivity index (χ3v) is 5.08. The van der Waals surface area contributed by atoms with E-state index in [1.165, 1.54) is 4.88 Å². The summed E-state index contributed by atoms with van der Waals surface area (Å²) in [5.41, 5.74) is 0. The standard InChI is InChI=1S/C12H19BrN2OS/c1-14-4-6-15(7-5-14)8-10(9-16)11-2-3-12(13)17-11/h2-3,10,16H,4-9H2,1H3. The molecule has 0 saturated carbocycles. The van der Waals surface area contributed by atoms with Crippen molar-refractivity contribution in [3.8, 4) is 0 Å². The molecule has 0 aliphatic carbocycles. The minimum Gasteiger partial charge on any atom is -0.396 e. The van der Waals surface area contributed by atoms with E-state index in [-0.39, 0.29) is 12.5 Å². The molecule has 1 aromatic rings. The molecule has 96 valence electrons. The molecule has 1 fully saturated rings. The van der Waals surface area contributed by atoms with Gasteiger partial charge in [-0.25, -0.2) is 0 Å². The molecule has 1 saturated heterocycles. The summed E-state index contributed by atoms with van der Waals surface area (Å²) < 4.78 is 1.14. The van der Waals surface area contributed by atoms with Crippen molar-refractivity contribution in [1.82, 2.24) is 9.80 Å². The first kappa shape index (κ1) is 13.5. The van der Waals surface area contributed by atoms with Crippen LogP contribution in [0.25, 0.3) is 0 Å². The zero-order chi connectivity index (χ0) is 12.3. The van der Waals surface area contributed by atoms with Crippen molar-refractivity contribution in [3.05, 3.63) is 20.8 Å². The number of thiophene rings is 1. The van der Waals surface area contributed by atoms with Gasteiger partial charge in [-0.1, -0.05) is 0 Å². The number of aliphatic hydroxyl groups excluding tert-OH is 1. The van der Waals surface area contributed by atoms with E-state index in [2.05, 4.69) is 44.9 Å². The number of likely N-dealkylation sites (N-methyl/N-ethyl adjacent to an activating group) is 1. The summed E-state index contributed by atoms with van der Waals surface area (Å²) in [5, 5.41) is 9.53. The van der Waals surface area contributed by atoms with Gasteiger partial charge in [0.25, 0.3) is 0 Å². The number of halogens is 1. The van der Waals surface area contributed by atoms with Gasteiger partial charge in [-0.3, -0.25) is 0 Å². The Balaban J connectivity index is 1.91. The summed E-state index contributed by atoms with van der Waals surface area (Å²) in [5.74, 6) is 0.259. The molecular weight excluding hydrogens is 300 g/mol. The van der Waals surface area contributed by atoms with Crippen molar-refractivity contribution in [1.29, 1.82) is 0 Å². The molecule has 2 rings (SSSR count). The molecule has 2 heterocycles. The number of nitrogens with zero attached hydrogens (tertiary/aromatic N) is 2. The molecule has 3 nitrogen and oxygen atoms in total. The molecule has 0 amide bonds. The van der Waals surface area contributed by atoms with Crippen molar-refractivity contribution >= 4 is 27.3 Å². The van der Waals surface area contributed by atoms with Crippen molar-refractivity contribution in [3.63, 3.8) is 0 Å². The maximum absolute atomic E-state index is 9.53. The lowest BCUT2D eigenvalue weighted by Crippen LogP contribution is -2.46. The average molecular weight is 319 g/mol. The van der Waals surface area contributed by atoms with Crippen molar-refractivity contribution in [2.24, 2.45) is 0 Å². The predicted molar refractivity (Wildman–Crippen MR) is 75.8 cm³/mol. The topological polar surface area (TPSA) is 26.7 Å². The van der Waals surface area contributed by atoms with Crippen molar-refractivity contribution < 1.29 is 5.11 Å². The third-order valence-electron chi connectivity index (χ3n) is 3.29. The van der Waals surface area contributed by atoms with Crippen LogP contribution in [0.5, 0.6) is 0 Å². The van der Waals surface area contributed by atoms with E-state index in [1.807, 2.05) is 0 Å². The van der Waals surface area contributed by atoms with Crippen LogP contribution >= 0.6 is 27.3 Å². The van der Waals surface area contributed by atoms with Gasteiger partial charge in [-0.05, 0) is 35.1 Å². The largest absolute Gasteiger partial charge is 0.396 e. The summed E-state index contributed by atoms with van der Waals surface area (Å²) in [7, 11) is 2.16. The van der Waals surface area contributed by atoms with Gasteiger partial charge in [0.15, 0.2) is 0 Å². The average Bonchev–Trinajstić information content (AvgIpc) is 2.75. The van der Waals surface area contributed by atoms with Gasteiger partial charge >= 0.3 is 0 Å². The molecule has 0 radical (unpaired) electrons. The van der Waals surface area contributed by atoms with Crippen LogP contribution in [0.15, 0.2) is 15.9 Å². The molecule has 1 aromatic heterocycles. The molecule has 1 aliphatic rings. The van der Waals surface area contributed by atoms with Crippen molar-refractivity contribution in [2.45, 2.75) is 5.92 Å². The molecule has 5 heteroatoms. The minimum atomic E-state index is 0.235. The lowest BCUT2D eigenvalue weighted by molar-refractivity contribution is 0.133. The van der Waals surface area contributed by atoms with Crippen LogP contribution < -0.4 is 0 Å². The SMILES string of the molecule is CN1CCN(CC(CO)c2ccc(Br)s2)CC1. The predicted octanol–water partition coefficient (Wildman–Crippen LogP) is 1.83. The molecule has 1 N–H and O–H groups in total. The van der Waals surface area contributed by atoms with Crippen LogP contribution in [0.3, 0.4) is 0 Å². The summed E-state index contributed by atoms with van der Waals surface area (Å²) in [6, 6.07) is 4.18. The van der Waals surface area contributed by atoms with Crippen LogP contribution in [0.2, 0.25) is 0 Å². The Morgan fingerprint density at radius 3 is 2.59 bits per heavy atom. The fourth-order valence-electron chi connectivity index (χ4n) is 2.13. The molecule has 17 heavy (non-hydrogen) atoms. The maximum Gasteiger partial charge on any atom is 0.0701 e. The molecular formula is C12H19BrN2OS. The highest BCUT2D eigenvalue weighted by molar-refractivity contribution is 9.11. The number of hydrogen-bond donors (Lipinski definition) is 1. The van der Waals surface area contributed by atoms with E-state index >= 15 is 0 Å². The Kier molecular flexibility index (Phi) is 4.99. The number of rotatable bonds is 4. The number of piperazine rings is 1. The van der Waals surface area contributed by atoms with Gasteiger partial charge in [0.1, 0.15) is 0 Å². The number of aliphatic hydroxyl groups is 1. The Labute approximate surface area is 115 Å². The molecule has 0 spiro atoms. The van der Waals surface area contributed by atoms with Crippen molar-refractivity contribution in [2.75, 3.05) is 46.4 Å². The Hall–Kier alpha value is 0.0600. The van der Waals surface area contributed by atoms with E-state index < -0.39 is 0 Å². The second-order valence-electron chi connectivity index (χ2n) is 4.63. The molecule has 0 bridgehead atoms. The van der Waals surface area contributed by atoms with Gasteiger partial charge in [0.05, 0.1) is 10.4 Å². The van der Waals surface area contributed by atoms with Gasteiger partial charge in [-0.15, -0.1) is 11.3 Å². The van der Waals surface area contributed by atoms with E-state index in [4.69, 9.17) is 0 Å². The van der Waals surface area contributed by atoms with Gasteiger partial charge < -0.3 is 14.9 Å². The first-order chi connectivity index (χ1) is 8.19. The summed E-state index contributed by atoms with van der Waals surface area (Å²) in [6.45, 7) is 5.69. The van der Waals surface area contributed by atoms with Crippen LogP contribution in [0.4, 0.5) is 0 Å². The smallest absolute Gasteiger partial charge is 0.0701 e. The lowest BCUT2D eigenvalue weighted by Gasteiger charge is -2.34. The zero-order valence-corrected chi connectivity index (χ0v) is 12.5. The van der Waals surface area contributed by atoms with Crippen LogP contribution in [-0.4, -0.2) is 61.3 Å². The lowest BCUT2D eigenvalue weighted by atomic mass is 10.1. The minimum absolute atomic E-state index is 0.235. The Morgan fingerprint density at radius 2 is 2.06 bits per heavy atom. The summed E-state index contributed by atoms with van der Waals surface area (Å²) >= 11 is 5.21. The monoisotopic (exact) mass is 318 g/mol. The quantitative estimate of drug-likeness (QED) is 0.917. The van der Waals surface area contributed by atoms with Gasteiger partial charge in [0.2, 0.25) is 0 Å². The highest BCUT2D eigenvalue weighted by Gasteiger charge is 2.20. The normalized spacial score (nSPS) is 20.6. The molecule has 0 aromatic carbocycles. The zero-order valence-electron chi connectivity index (χ0n) is 10.1. The van der Waals surface area contributed by atoms with E-state index in [0.29, 0.717) is 0 Å². The van der Waals surface area contributed by atoms with Crippen LogP contribution in [0, 0.1) is 0 Å². The number of hydrogen-bond acceptors (Lipinski definition) is 4. The van der Waals surface area contributed by atoms with Crippen LogP contribution in [0.1, 0.15) is 10.8 Å². The molecule has 1 unspecified atom stereocenters. The summed E-state index contributed by atoms with van der Waals surface area (Å²) in [4.78, 5) is 6.08. The first-order valence-corrected chi connectivity index (χ1v) is 7.57. The molecule has 1 atom stereocenters. The highest BCUT2D eigenvalue weighted by Crippen LogP contribution is 2.29. The third kappa shape index (κ3) is 3.76. The fraction of sp³-hybridized carbons (Fsp3) is 0.667. The Morgan fingerprint density at radius 1 is 1.35 bits per heavy atom. The van der Waals surface area contributed by atoms with Gasteiger partial charge in [-0.2, -0.15) is 0 Å². The highest BCUT2D eigenvalue weighted by atomic mass is 79.9. The van der Waals surface area contributed by atoms with E-state index in [9.17, 15) is 5.11 Å². The van der Waals surface area contributed by atoms with E-state index in [1.54, 1.807) is 11.3 Å². The second-order valence-corrected chi connectivity index (χ2v) is 7.12. The first-order valence-electron chi connectivity index (χ1n) is 5.96. The summed E-state index contributed by atoms with van der Waals surface area (Å²) in [6.07, 6.45) is 0. The maximum atomic E-state index is 9.53. The van der Waals surface area contributed by atoms with E-state index in [0.717, 1.165) is 36.5 Å².